The summed E-state index contributed by atoms with van der Waals surface area (Å²) in [5.74, 6) is -2.99. The minimum atomic E-state index is -0.937. The molecule has 1 aliphatic rings. The van der Waals surface area contributed by atoms with Gasteiger partial charge in [0, 0.05) is 18.6 Å². The Morgan fingerprint density at radius 2 is 1.89 bits per heavy atom. The van der Waals surface area contributed by atoms with Gasteiger partial charge in [-0.3, -0.25) is 39.7 Å². The zero-order valence-corrected chi connectivity index (χ0v) is 18.8. The molecule has 13 heteroatoms. The summed E-state index contributed by atoms with van der Waals surface area (Å²) in [6.07, 6.45) is -0.263. The highest BCUT2D eigenvalue weighted by atomic mass is 16.6. The van der Waals surface area contributed by atoms with Crippen LogP contribution in [0.2, 0.25) is 0 Å². The van der Waals surface area contributed by atoms with Crippen molar-refractivity contribution in [2.24, 2.45) is 5.92 Å². The molecule has 2 aromatic rings. The van der Waals surface area contributed by atoms with E-state index in [1.54, 1.807) is 12.1 Å². The number of anilines is 1. The van der Waals surface area contributed by atoms with Crippen molar-refractivity contribution in [3.63, 3.8) is 0 Å². The number of esters is 1. The summed E-state index contributed by atoms with van der Waals surface area (Å²) in [5.41, 5.74) is 1.93. The number of methoxy groups -OCH3 is 2. The first-order chi connectivity index (χ1) is 16.7. The number of nitrogens with zero attached hydrogens (tertiary/aromatic N) is 2. The maximum atomic E-state index is 12.4. The molecule has 0 radical (unpaired) electrons. The minimum Gasteiger partial charge on any atom is -0.497 e. The zero-order valence-electron chi connectivity index (χ0n) is 18.8. The molecule has 0 aliphatic carbocycles. The van der Waals surface area contributed by atoms with Gasteiger partial charge in [-0.15, -0.1) is 0 Å². The van der Waals surface area contributed by atoms with Gasteiger partial charge in [0.25, 0.3) is 17.5 Å². The number of hydrogen-bond acceptors (Lipinski definition) is 9. The number of nitrogens with one attached hydrogen (secondary N) is 2. The maximum Gasteiger partial charge on any atom is 0.311 e. The molecular weight excluding hydrogens is 464 g/mol. The third-order valence-corrected chi connectivity index (χ3v) is 5.07. The monoisotopic (exact) mass is 486 g/mol. The fourth-order valence-electron chi connectivity index (χ4n) is 3.33. The normalized spacial score (nSPS) is 14.7. The van der Waals surface area contributed by atoms with Crippen LogP contribution in [0.1, 0.15) is 16.8 Å². The second-order valence-electron chi connectivity index (χ2n) is 7.34. The first-order valence-electron chi connectivity index (χ1n) is 10.3. The topological polar surface area (TPSA) is 166 Å². The van der Waals surface area contributed by atoms with Crippen LogP contribution in [0.25, 0.3) is 0 Å². The predicted molar refractivity (Wildman–Crippen MR) is 120 cm³/mol. The molecule has 13 nitrogen and oxygen atoms in total. The Morgan fingerprint density at radius 1 is 1.14 bits per heavy atom. The molecule has 1 atom stereocenters. The second kappa shape index (κ2) is 11.0. The summed E-state index contributed by atoms with van der Waals surface area (Å²) < 4.78 is 15.3. The van der Waals surface area contributed by atoms with Crippen molar-refractivity contribution >= 4 is 35.1 Å². The number of para-hydroxylation sites is 1. The van der Waals surface area contributed by atoms with Gasteiger partial charge < -0.3 is 19.5 Å². The third kappa shape index (κ3) is 6.01. The van der Waals surface area contributed by atoms with Gasteiger partial charge in [0.05, 0.1) is 37.3 Å². The Hall–Kier alpha value is -4.68. The van der Waals surface area contributed by atoms with Crippen LogP contribution in [-0.4, -0.2) is 61.0 Å². The molecule has 3 amide bonds. The van der Waals surface area contributed by atoms with E-state index in [1.807, 2.05) is 0 Å². The lowest BCUT2D eigenvalue weighted by Crippen LogP contribution is -2.43. The van der Waals surface area contributed by atoms with Crippen molar-refractivity contribution in [2.75, 3.05) is 32.7 Å². The van der Waals surface area contributed by atoms with Crippen molar-refractivity contribution < 1.29 is 38.3 Å². The Morgan fingerprint density at radius 3 is 2.57 bits per heavy atom. The molecule has 0 saturated carbocycles. The van der Waals surface area contributed by atoms with E-state index in [0.29, 0.717) is 17.2 Å². The number of amides is 3. The van der Waals surface area contributed by atoms with Gasteiger partial charge in [0.1, 0.15) is 17.1 Å². The van der Waals surface area contributed by atoms with E-state index in [1.165, 1.54) is 38.5 Å². The van der Waals surface area contributed by atoms with Crippen LogP contribution in [-0.2, 0) is 19.1 Å². The number of carbonyl (C=O) groups is 4. The number of rotatable bonds is 9. The second-order valence-corrected chi connectivity index (χ2v) is 7.34. The first-order valence-corrected chi connectivity index (χ1v) is 10.3. The summed E-state index contributed by atoms with van der Waals surface area (Å²) in [4.78, 5) is 59.7. The molecule has 1 fully saturated rings. The molecule has 0 bridgehead atoms. The van der Waals surface area contributed by atoms with Crippen LogP contribution in [0.5, 0.6) is 11.5 Å². The Labute approximate surface area is 199 Å². The van der Waals surface area contributed by atoms with Crippen molar-refractivity contribution in [1.29, 1.82) is 0 Å². The highest BCUT2D eigenvalue weighted by molar-refractivity contribution is 5.99. The van der Waals surface area contributed by atoms with E-state index in [0.717, 1.165) is 11.1 Å². The maximum absolute atomic E-state index is 12.4. The van der Waals surface area contributed by atoms with E-state index < -0.39 is 46.8 Å². The van der Waals surface area contributed by atoms with E-state index in [9.17, 15) is 29.3 Å². The van der Waals surface area contributed by atoms with Gasteiger partial charge in [-0.05, 0) is 18.2 Å². The average Bonchev–Trinajstić information content (AvgIpc) is 3.22. The van der Waals surface area contributed by atoms with Crippen molar-refractivity contribution in [3.8, 4) is 11.5 Å². The standard InChI is InChI=1S/C22H22N4O9/c1-33-14-7-8-18(34-2)16(10-14)23-19(27)12-35-22(30)13-9-20(28)25(11-13)24-21(29)15-5-3-4-6-17(15)26(31)32/h3-8,10,13H,9,11-12H2,1-2H3,(H,23,27)(H,24,29)/t13-/m1/s1. The largest absolute Gasteiger partial charge is 0.497 e. The number of nitro groups is 1. The van der Waals surface area contributed by atoms with Gasteiger partial charge in [-0.2, -0.15) is 0 Å². The van der Waals surface area contributed by atoms with Crippen LogP contribution < -0.4 is 20.2 Å². The van der Waals surface area contributed by atoms with E-state index >= 15 is 0 Å². The number of hydrogen-bond donors (Lipinski definition) is 2. The molecule has 2 N–H and O–H groups in total. The van der Waals surface area contributed by atoms with Gasteiger partial charge in [-0.25, -0.2) is 0 Å². The zero-order chi connectivity index (χ0) is 25.5. The lowest BCUT2D eigenvalue weighted by Gasteiger charge is -2.17. The highest BCUT2D eigenvalue weighted by Crippen LogP contribution is 2.29. The molecule has 184 valence electrons. The van der Waals surface area contributed by atoms with Crippen LogP contribution >= 0.6 is 0 Å². The third-order valence-electron chi connectivity index (χ3n) is 5.07. The van der Waals surface area contributed by atoms with E-state index in [-0.39, 0.29) is 18.5 Å². The van der Waals surface area contributed by atoms with Gasteiger partial charge in [0.15, 0.2) is 6.61 Å². The van der Waals surface area contributed by atoms with E-state index in [2.05, 4.69) is 10.7 Å². The minimum absolute atomic E-state index is 0.213. The molecule has 3 rings (SSSR count). The Kier molecular flexibility index (Phi) is 7.81. The molecule has 1 aliphatic heterocycles. The van der Waals surface area contributed by atoms with Gasteiger partial charge in [-0.1, -0.05) is 12.1 Å². The summed E-state index contributed by atoms with van der Waals surface area (Å²) in [6, 6.07) is 10.0. The van der Waals surface area contributed by atoms with Crippen LogP contribution in [0.3, 0.4) is 0 Å². The first kappa shape index (κ1) is 25.0. The summed E-state index contributed by atoms with van der Waals surface area (Å²) in [5, 5.41) is 14.6. The number of ether oxygens (including phenoxy) is 3. The molecule has 2 aromatic carbocycles. The summed E-state index contributed by atoms with van der Waals surface area (Å²) in [6.45, 7) is -0.832. The molecule has 0 spiro atoms. The SMILES string of the molecule is COc1ccc(OC)c(NC(=O)COC(=O)[C@@H]2CC(=O)N(NC(=O)c3ccccc3[N+](=O)[O-])C2)c1. The van der Waals surface area contributed by atoms with Crippen LogP contribution in [0, 0.1) is 16.0 Å². The van der Waals surface area contributed by atoms with Crippen molar-refractivity contribution in [1.82, 2.24) is 10.4 Å². The molecule has 0 aromatic heterocycles. The summed E-state index contributed by atoms with van der Waals surface area (Å²) >= 11 is 0. The predicted octanol–water partition coefficient (Wildman–Crippen LogP) is 1.29. The number of nitro benzene ring substituents is 1. The number of benzene rings is 2. The van der Waals surface area contributed by atoms with Crippen LogP contribution in [0.15, 0.2) is 42.5 Å². The molecule has 1 saturated heterocycles. The Bertz CT molecular complexity index is 1170. The smallest absolute Gasteiger partial charge is 0.311 e. The molecular formula is C22H22N4O9. The lowest BCUT2D eigenvalue weighted by molar-refractivity contribution is -0.385. The Balaban J connectivity index is 1.54. The lowest BCUT2D eigenvalue weighted by atomic mass is 10.1. The van der Waals surface area contributed by atoms with E-state index in [4.69, 9.17) is 14.2 Å². The van der Waals surface area contributed by atoms with Gasteiger partial charge >= 0.3 is 5.97 Å². The van der Waals surface area contributed by atoms with Crippen molar-refractivity contribution in [2.45, 2.75) is 6.42 Å². The van der Waals surface area contributed by atoms with Crippen LogP contribution in [0.4, 0.5) is 11.4 Å². The highest BCUT2D eigenvalue weighted by Gasteiger charge is 2.37. The quantitative estimate of drug-likeness (QED) is 0.301. The molecule has 35 heavy (non-hydrogen) atoms. The summed E-state index contributed by atoms with van der Waals surface area (Å²) in [7, 11) is 2.89. The number of carbonyl (C=O) groups excluding carboxylic acids is 4. The van der Waals surface area contributed by atoms with Gasteiger partial charge in [0.2, 0.25) is 5.91 Å². The average molecular weight is 486 g/mol. The molecule has 0 unspecified atom stereocenters. The fourth-order valence-corrected chi connectivity index (χ4v) is 3.33. The fraction of sp³-hybridized carbons (Fsp3) is 0.273. The number of hydrazine groups is 1. The molecule has 1 heterocycles. The van der Waals surface area contributed by atoms with Crippen molar-refractivity contribution in [3.05, 3.63) is 58.1 Å².